The first-order valence-electron chi connectivity index (χ1n) is 7.80. The van der Waals surface area contributed by atoms with E-state index in [0.29, 0.717) is 18.6 Å². The summed E-state index contributed by atoms with van der Waals surface area (Å²) in [6, 6.07) is 3.10. The van der Waals surface area contributed by atoms with Crippen molar-refractivity contribution in [3.8, 4) is 0 Å². The van der Waals surface area contributed by atoms with E-state index in [-0.39, 0.29) is 24.4 Å². The number of nitrogens with two attached hydrogens (primary N) is 1. The van der Waals surface area contributed by atoms with E-state index in [1.165, 1.54) is 6.07 Å². The number of hydrogen-bond donors (Lipinski definition) is 2. The number of nitrogens with one attached hydrogen (secondary N) is 1. The third-order valence-corrected chi connectivity index (χ3v) is 5.03. The number of hydrogen-bond acceptors (Lipinski definition) is 3. The zero-order valence-electron chi connectivity index (χ0n) is 14.4. The molecule has 3 N–H and O–H groups in total. The maximum absolute atomic E-state index is 13.3. The first kappa shape index (κ1) is 20.8. The summed E-state index contributed by atoms with van der Waals surface area (Å²) < 4.78 is 31.9. The van der Waals surface area contributed by atoms with Gasteiger partial charge in [-0.2, -0.15) is 0 Å². The summed E-state index contributed by atoms with van der Waals surface area (Å²) in [5, 5.41) is 2.79. The SMILES string of the molecule is CCOC1CC(N)(C(=O)NC(C)c2ccc(F)c(F)c2)C1(C)C.Cl. The van der Waals surface area contributed by atoms with Crippen LogP contribution in [0.3, 0.4) is 0 Å². The van der Waals surface area contributed by atoms with Gasteiger partial charge in [0.05, 0.1) is 12.1 Å². The highest BCUT2D eigenvalue weighted by molar-refractivity contribution is 5.89. The summed E-state index contributed by atoms with van der Waals surface area (Å²) >= 11 is 0. The molecule has 0 aliphatic heterocycles. The third-order valence-electron chi connectivity index (χ3n) is 5.03. The highest BCUT2D eigenvalue weighted by Gasteiger charge is 2.62. The fourth-order valence-electron chi connectivity index (χ4n) is 3.01. The van der Waals surface area contributed by atoms with Gasteiger partial charge in [0.1, 0.15) is 5.54 Å². The molecule has 0 bridgehead atoms. The molecule has 3 unspecified atom stereocenters. The van der Waals surface area contributed by atoms with Crippen molar-refractivity contribution >= 4 is 18.3 Å². The van der Waals surface area contributed by atoms with Gasteiger partial charge in [-0.3, -0.25) is 4.79 Å². The monoisotopic (exact) mass is 362 g/mol. The quantitative estimate of drug-likeness (QED) is 0.846. The Bertz CT molecular complexity index is 612. The summed E-state index contributed by atoms with van der Waals surface area (Å²) in [5.41, 5.74) is 5.24. The number of carbonyl (C=O) groups excluding carboxylic acids is 1. The van der Waals surface area contributed by atoms with Gasteiger partial charge in [0, 0.05) is 18.4 Å². The second-order valence-corrected chi connectivity index (χ2v) is 6.71. The van der Waals surface area contributed by atoms with Crippen LogP contribution in [0.15, 0.2) is 18.2 Å². The Morgan fingerprint density at radius 3 is 2.54 bits per heavy atom. The summed E-state index contributed by atoms with van der Waals surface area (Å²) in [6.45, 7) is 7.98. The molecule has 2 rings (SSSR count). The fourth-order valence-corrected chi connectivity index (χ4v) is 3.01. The maximum Gasteiger partial charge on any atom is 0.241 e. The van der Waals surface area contributed by atoms with Crippen LogP contribution < -0.4 is 11.1 Å². The van der Waals surface area contributed by atoms with Gasteiger partial charge in [0.15, 0.2) is 11.6 Å². The van der Waals surface area contributed by atoms with Crippen LogP contribution in [0.25, 0.3) is 0 Å². The Kier molecular flexibility index (Phi) is 6.36. The summed E-state index contributed by atoms with van der Waals surface area (Å²) in [6.07, 6.45) is 0.367. The van der Waals surface area contributed by atoms with Crippen molar-refractivity contribution in [3.63, 3.8) is 0 Å². The van der Waals surface area contributed by atoms with Crippen molar-refractivity contribution in [1.29, 1.82) is 0 Å². The van der Waals surface area contributed by atoms with Gasteiger partial charge in [-0.1, -0.05) is 19.9 Å². The van der Waals surface area contributed by atoms with E-state index in [2.05, 4.69) is 5.32 Å². The number of amides is 1. The highest BCUT2D eigenvalue weighted by Crippen LogP contribution is 2.50. The number of rotatable bonds is 5. The van der Waals surface area contributed by atoms with Crippen LogP contribution in [0.4, 0.5) is 8.78 Å². The molecule has 136 valence electrons. The lowest BCUT2D eigenvalue weighted by Gasteiger charge is -2.57. The summed E-state index contributed by atoms with van der Waals surface area (Å²) in [7, 11) is 0. The average molecular weight is 363 g/mol. The summed E-state index contributed by atoms with van der Waals surface area (Å²) in [5.74, 6) is -2.16. The van der Waals surface area contributed by atoms with Gasteiger partial charge < -0.3 is 15.8 Å². The first-order chi connectivity index (χ1) is 10.6. The number of halogens is 3. The van der Waals surface area contributed by atoms with Crippen molar-refractivity contribution < 1.29 is 18.3 Å². The molecule has 0 aromatic heterocycles. The van der Waals surface area contributed by atoms with Crippen LogP contribution in [-0.4, -0.2) is 24.2 Å². The minimum atomic E-state index is -1.04. The van der Waals surface area contributed by atoms with E-state index >= 15 is 0 Å². The minimum Gasteiger partial charge on any atom is -0.378 e. The van der Waals surface area contributed by atoms with Gasteiger partial charge in [-0.05, 0) is 31.5 Å². The van der Waals surface area contributed by atoms with E-state index in [1.54, 1.807) is 6.92 Å². The smallest absolute Gasteiger partial charge is 0.241 e. The highest BCUT2D eigenvalue weighted by atomic mass is 35.5. The topological polar surface area (TPSA) is 64.3 Å². The fraction of sp³-hybridized carbons (Fsp3) is 0.588. The lowest BCUT2D eigenvalue weighted by atomic mass is 9.54. The molecule has 3 atom stereocenters. The molecule has 4 nitrogen and oxygen atoms in total. The Morgan fingerprint density at radius 1 is 1.42 bits per heavy atom. The summed E-state index contributed by atoms with van der Waals surface area (Å²) in [4.78, 5) is 12.6. The number of benzene rings is 1. The molecule has 0 heterocycles. The van der Waals surface area contributed by atoms with E-state index in [0.717, 1.165) is 12.1 Å². The first-order valence-corrected chi connectivity index (χ1v) is 7.80. The molecule has 1 aliphatic rings. The average Bonchev–Trinajstić information content (AvgIpc) is 2.49. The molecule has 0 radical (unpaired) electrons. The minimum absolute atomic E-state index is 0. The zero-order chi connectivity index (χ0) is 17.4. The second-order valence-electron chi connectivity index (χ2n) is 6.71. The van der Waals surface area contributed by atoms with E-state index in [4.69, 9.17) is 10.5 Å². The molecule has 1 aliphatic carbocycles. The Morgan fingerprint density at radius 2 is 2.04 bits per heavy atom. The van der Waals surface area contributed by atoms with Gasteiger partial charge in [-0.25, -0.2) is 8.78 Å². The van der Waals surface area contributed by atoms with Crippen molar-refractivity contribution in [2.24, 2.45) is 11.1 Å². The Labute approximate surface area is 147 Å². The van der Waals surface area contributed by atoms with Crippen LogP contribution in [-0.2, 0) is 9.53 Å². The molecule has 1 saturated carbocycles. The lowest BCUT2D eigenvalue weighted by molar-refractivity contribution is -0.171. The molecule has 1 aromatic carbocycles. The van der Waals surface area contributed by atoms with Crippen LogP contribution in [0.2, 0.25) is 0 Å². The zero-order valence-corrected chi connectivity index (χ0v) is 15.2. The van der Waals surface area contributed by atoms with E-state index in [9.17, 15) is 13.6 Å². The molecule has 1 aromatic rings. The van der Waals surface area contributed by atoms with Crippen molar-refractivity contribution in [2.45, 2.75) is 51.8 Å². The largest absolute Gasteiger partial charge is 0.378 e. The molecular weight excluding hydrogens is 338 g/mol. The van der Waals surface area contributed by atoms with Gasteiger partial charge in [0.25, 0.3) is 0 Å². The van der Waals surface area contributed by atoms with Crippen LogP contribution in [0.1, 0.15) is 45.7 Å². The Balaban J connectivity index is 0.00000288. The molecule has 0 spiro atoms. The normalized spacial score (nSPS) is 26.0. The van der Waals surface area contributed by atoms with Crippen LogP contribution in [0, 0.1) is 17.0 Å². The van der Waals surface area contributed by atoms with Crippen LogP contribution in [0.5, 0.6) is 0 Å². The molecule has 1 amide bonds. The van der Waals surface area contributed by atoms with Crippen molar-refractivity contribution in [2.75, 3.05) is 6.61 Å². The molecule has 1 fully saturated rings. The Hall–Kier alpha value is -1.24. The predicted octanol–water partition coefficient (Wildman–Crippen LogP) is 3.10. The molecule has 24 heavy (non-hydrogen) atoms. The number of carbonyl (C=O) groups is 1. The lowest BCUT2D eigenvalue weighted by Crippen LogP contribution is -2.75. The maximum atomic E-state index is 13.3. The van der Waals surface area contributed by atoms with Gasteiger partial charge in [0.2, 0.25) is 5.91 Å². The molecule has 7 heteroatoms. The molecular formula is C17H25ClF2N2O2. The standard InChI is InChI=1S/C17H24F2N2O2.ClH/c1-5-23-14-9-17(20,16(14,3)4)15(22)21-10(2)11-6-7-12(18)13(19)8-11;/h6-8,10,14H,5,9,20H2,1-4H3,(H,21,22);1H. The van der Waals surface area contributed by atoms with Crippen molar-refractivity contribution in [3.05, 3.63) is 35.4 Å². The number of ether oxygens (including phenoxy) is 1. The second kappa shape index (κ2) is 7.33. The predicted molar refractivity (Wildman–Crippen MR) is 90.9 cm³/mol. The van der Waals surface area contributed by atoms with Gasteiger partial charge in [-0.15, -0.1) is 12.4 Å². The van der Waals surface area contributed by atoms with E-state index < -0.39 is 28.6 Å². The van der Waals surface area contributed by atoms with Crippen molar-refractivity contribution in [1.82, 2.24) is 5.32 Å². The van der Waals surface area contributed by atoms with E-state index in [1.807, 2.05) is 20.8 Å². The van der Waals surface area contributed by atoms with Gasteiger partial charge >= 0.3 is 0 Å². The molecule has 0 saturated heterocycles. The third kappa shape index (κ3) is 3.41. The van der Waals surface area contributed by atoms with Crippen LogP contribution >= 0.6 is 12.4 Å².